The van der Waals surface area contributed by atoms with Crippen LogP contribution in [0.5, 0.6) is 0 Å². The lowest BCUT2D eigenvalue weighted by molar-refractivity contribution is 0.0450. The van der Waals surface area contributed by atoms with E-state index in [1.807, 2.05) is 18.2 Å². The molecule has 0 radical (unpaired) electrons. The van der Waals surface area contributed by atoms with Gasteiger partial charge in [0.25, 0.3) is 0 Å². The number of rotatable bonds is 2. The number of aliphatic hydroxyl groups is 1. The smallest absolute Gasteiger partial charge is 0.0761 e. The maximum Gasteiger partial charge on any atom is 0.0761 e. The fourth-order valence-electron chi connectivity index (χ4n) is 3.12. The molecule has 0 amide bonds. The van der Waals surface area contributed by atoms with Gasteiger partial charge in [-0.1, -0.05) is 67.4 Å². The van der Waals surface area contributed by atoms with Crippen molar-refractivity contribution in [2.24, 2.45) is 5.73 Å². The number of hydrogen-bond acceptors (Lipinski definition) is 2. The molecule has 1 aliphatic carbocycles. The first kappa shape index (κ1) is 13.3. The Morgan fingerprint density at radius 3 is 2.20 bits per heavy atom. The Morgan fingerprint density at radius 1 is 0.900 bits per heavy atom. The molecule has 2 atom stereocenters. The summed E-state index contributed by atoms with van der Waals surface area (Å²) in [5, 5.41) is 10.2. The minimum Gasteiger partial charge on any atom is -0.391 e. The predicted molar refractivity (Wildman–Crippen MR) is 82.2 cm³/mol. The van der Waals surface area contributed by atoms with E-state index < -0.39 is 11.6 Å². The minimum absolute atomic E-state index is 0.432. The average molecular weight is 267 g/mol. The zero-order valence-corrected chi connectivity index (χ0v) is 11.6. The summed E-state index contributed by atoms with van der Waals surface area (Å²) in [5.41, 5.74) is 9.32. The van der Waals surface area contributed by atoms with E-state index >= 15 is 0 Å². The van der Waals surface area contributed by atoms with E-state index in [0.29, 0.717) is 0 Å². The summed E-state index contributed by atoms with van der Waals surface area (Å²) in [5.74, 6) is 0. The Bertz CT molecular complexity index is 564. The molecule has 0 aliphatic heterocycles. The van der Waals surface area contributed by atoms with Gasteiger partial charge in [-0.05, 0) is 29.5 Å². The van der Waals surface area contributed by atoms with Crippen molar-refractivity contribution in [1.82, 2.24) is 0 Å². The van der Waals surface area contributed by atoms with Crippen molar-refractivity contribution >= 4 is 0 Å². The van der Waals surface area contributed by atoms with E-state index in [-0.39, 0.29) is 0 Å². The van der Waals surface area contributed by atoms with Gasteiger partial charge in [-0.2, -0.15) is 0 Å². The van der Waals surface area contributed by atoms with Crippen LogP contribution < -0.4 is 5.73 Å². The van der Waals surface area contributed by atoms with Gasteiger partial charge >= 0.3 is 0 Å². The van der Waals surface area contributed by atoms with Crippen LogP contribution in [0.1, 0.15) is 31.2 Å². The molecule has 2 heteroatoms. The molecule has 1 fully saturated rings. The summed E-state index contributed by atoms with van der Waals surface area (Å²) in [4.78, 5) is 0. The highest BCUT2D eigenvalue weighted by atomic mass is 16.3. The summed E-state index contributed by atoms with van der Waals surface area (Å²) >= 11 is 0. The fraction of sp³-hybridized carbons (Fsp3) is 0.333. The minimum atomic E-state index is -0.576. The van der Waals surface area contributed by atoms with E-state index in [1.165, 1.54) is 11.1 Å². The van der Waals surface area contributed by atoms with Crippen LogP contribution in [-0.4, -0.2) is 11.2 Å². The van der Waals surface area contributed by atoms with Gasteiger partial charge in [0.1, 0.15) is 0 Å². The van der Waals surface area contributed by atoms with E-state index in [9.17, 15) is 5.11 Å². The van der Waals surface area contributed by atoms with Gasteiger partial charge in [-0.3, -0.25) is 0 Å². The molecular formula is C18H21NO. The second-order valence-electron chi connectivity index (χ2n) is 5.75. The van der Waals surface area contributed by atoms with Crippen molar-refractivity contribution in [3.8, 4) is 11.1 Å². The van der Waals surface area contributed by atoms with Crippen LogP contribution in [0.15, 0.2) is 54.6 Å². The highest BCUT2D eigenvalue weighted by molar-refractivity contribution is 5.63. The summed E-state index contributed by atoms with van der Waals surface area (Å²) in [6.45, 7) is 0. The summed E-state index contributed by atoms with van der Waals surface area (Å²) in [6, 6.07) is 18.6. The van der Waals surface area contributed by atoms with Gasteiger partial charge in [0, 0.05) is 0 Å². The van der Waals surface area contributed by atoms with Crippen molar-refractivity contribution in [2.45, 2.75) is 37.3 Å². The quantitative estimate of drug-likeness (QED) is 0.875. The second kappa shape index (κ2) is 5.39. The lowest BCUT2D eigenvalue weighted by atomic mass is 9.75. The maximum absolute atomic E-state index is 10.2. The molecule has 0 bridgehead atoms. The third kappa shape index (κ3) is 2.37. The summed E-state index contributed by atoms with van der Waals surface area (Å²) in [6.07, 6.45) is 3.39. The normalized spacial score (nSPS) is 26.4. The molecular weight excluding hydrogens is 246 g/mol. The Hall–Kier alpha value is -1.64. The van der Waals surface area contributed by atoms with Crippen LogP contribution in [0, 0.1) is 0 Å². The molecule has 3 rings (SSSR count). The Balaban J connectivity index is 1.90. The van der Waals surface area contributed by atoms with E-state index in [2.05, 4.69) is 36.4 Å². The Kier molecular flexibility index (Phi) is 3.60. The number of hydrogen-bond donors (Lipinski definition) is 2. The van der Waals surface area contributed by atoms with Crippen LogP contribution >= 0.6 is 0 Å². The fourth-order valence-corrected chi connectivity index (χ4v) is 3.12. The first-order valence-electron chi connectivity index (χ1n) is 7.33. The molecule has 104 valence electrons. The number of benzene rings is 2. The third-order valence-corrected chi connectivity index (χ3v) is 4.44. The molecule has 20 heavy (non-hydrogen) atoms. The van der Waals surface area contributed by atoms with Gasteiger partial charge in [0.2, 0.25) is 0 Å². The van der Waals surface area contributed by atoms with Crippen LogP contribution in [0.3, 0.4) is 0 Å². The zero-order valence-electron chi connectivity index (χ0n) is 11.6. The molecule has 0 aromatic heterocycles. The van der Waals surface area contributed by atoms with E-state index in [4.69, 9.17) is 5.73 Å². The predicted octanol–water partition coefficient (Wildman–Crippen LogP) is 3.44. The molecule has 1 aliphatic rings. The van der Waals surface area contributed by atoms with Gasteiger partial charge in [0.05, 0.1) is 11.6 Å². The van der Waals surface area contributed by atoms with Crippen LogP contribution in [0.2, 0.25) is 0 Å². The van der Waals surface area contributed by atoms with Gasteiger partial charge in [-0.25, -0.2) is 0 Å². The number of nitrogens with two attached hydrogens (primary N) is 1. The molecule has 0 spiro atoms. The van der Waals surface area contributed by atoms with Crippen LogP contribution in [-0.2, 0) is 5.54 Å². The van der Waals surface area contributed by atoms with Crippen molar-refractivity contribution in [3.63, 3.8) is 0 Å². The highest BCUT2D eigenvalue weighted by Crippen LogP contribution is 2.35. The lowest BCUT2D eigenvalue weighted by Crippen LogP contribution is -2.49. The van der Waals surface area contributed by atoms with Crippen molar-refractivity contribution in [3.05, 3.63) is 60.2 Å². The first-order chi connectivity index (χ1) is 9.70. The highest BCUT2D eigenvalue weighted by Gasteiger charge is 2.37. The zero-order chi connectivity index (χ0) is 14.0. The summed E-state index contributed by atoms with van der Waals surface area (Å²) < 4.78 is 0. The molecule has 1 saturated carbocycles. The molecule has 2 nitrogen and oxygen atoms in total. The van der Waals surface area contributed by atoms with E-state index in [1.54, 1.807) is 0 Å². The summed E-state index contributed by atoms with van der Waals surface area (Å²) in [7, 11) is 0. The van der Waals surface area contributed by atoms with E-state index in [0.717, 1.165) is 31.2 Å². The lowest BCUT2D eigenvalue weighted by Gasteiger charge is -2.38. The standard InChI is InChI=1S/C18H21NO/c19-18(13-5-4-8-17(18)20)16-11-9-15(10-12-16)14-6-2-1-3-7-14/h1-3,6-7,9-12,17,20H,4-5,8,13,19H2. The van der Waals surface area contributed by atoms with Crippen molar-refractivity contribution < 1.29 is 5.11 Å². The van der Waals surface area contributed by atoms with Crippen LogP contribution in [0.25, 0.3) is 11.1 Å². The first-order valence-corrected chi connectivity index (χ1v) is 7.33. The molecule has 2 aromatic carbocycles. The monoisotopic (exact) mass is 267 g/mol. The van der Waals surface area contributed by atoms with Crippen LogP contribution in [0.4, 0.5) is 0 Å². The molecule has 2 unspecified atom stereocenters. The molecule has 0 saturated heterocycles. The topological polar surface area (TPSA) is 46.2 Å². The second-order valence-corrected chi connectivity index (χ2v) is 5.75. The molecule has 2 aromatic rings. The molecule has 3 N–H and O–H groups in total. The van der Waals surface area contributed by atoms with Gasteiger partial charge < -0.3 is 10.8 Å². The van der Waals surface area contributed by atoms with Crippen molar-refractivity contribution in [2.75, 3.05) is 0 Å². The Morgan fingerprint density at radius 2 is 1.55 bits per heavy atom. The SMILES string of the molecule is NC1(c2ccc(-c3ccccc3)cc2)CCCCC1O. The molecule has 0 heterocycles. The van der Waals surface area contributed by atoms with Gasteiger partial charge in [-0.15, -0.1) is 0 Å². The largest absolute Gasteiger partial charge is 0.391 e. The average Bonchev–Trinajstić information content (AvgIpc) is 2.51. The third-order valence-electron chi connectivity index (χ3n) is 4.44. The Labute approximate surface area is 120 Å². The maximum atomic E-state index is 10.2. The van der Waals surface area contributed by atoms with Gasteiger partial charge in [0.15, 0.2) is 0 Å². The number of aliphatic hydroxyl groups excluding tert-OH is 1. The van der Waals surface area contributed by atoms with Crippen molar-refractivity contribution in [1.29, 1.82) is 0 Å².